The number of nitrogens with zero attached hydrogens (tertiary/aromatic N) is 2. The topological polar surface area (TPSA) is 59.1 Å². The van der Waals surface area contributed by atoms with Crippen LogP contribution in [-0.2, 0) is 16.0 Å². The molecule has 0 N–H and O–H groups in total. The van der Waals surface area contributed by atoms with Crippen molar-refractivity contribution >= 4 is 34.8 Å². The van der Waals surface area contributed by atoms with E-state index in [1.807, 2.05) is 11.4 Å². The van der Waals surface area contributed by atoms with E-state index in [0.29, 0.717) is 29.5 Å². The fourth-order valence-electron chi connectivity index (χ4n) is 4.09. The van der Waals surface area contributed by atoms with E-state index in [1.54, 1.807) is 59.7 Å². The van der Waals surface area contributed by atoms with Gasteiger partial charge in [-0.2, -0.15) is 0 Å². The van der Waals surface area contributed by atoms with Crippen LogP contribution in [0.3, 0.4) is 0 Å². The summed E-state index contributed by atoms with van der Waals surface area (Å²) in [5.74, 6) is -0.280. The fourth-order valence-corrected chi connectivity index (χ4v) is 5.21. The van der Waals surface area contributed by atoms with Crippen LogP contribution in [0.25, 0.3) is 0 Å². The van der Waals surface area contributed by atoms with Gasteiger partial charge in [0.1, 0.15) is 24.7 Å². The number of hydrogen-bond acceptors (Lipinski definition) is 5. The van der Waals surface area contributed by atoms with Gasteiger partial charge in [0, 0.05) is 35.7 Å². The Kier molecular flexibility index (Phi) is 8.38. The normalized spacial score (nSPS) is 14.9. The van der Waals surface area contributed by atoms with Gasteiger partial charge in [0.25, 0.3) is 5.91 Å². The second-order valence-corrected chi connectivity index (χ2v) is 9.58. The van der Waals surface area contributed by atoms with Crippen molar-refractivity contribution < 1.29 is 23.5 Å². The van der Waals surface area contributed by atoms with Crippen molar-refractivity contribution in [3.05, 3.63) is 86.8 Å². The van der Waals surface area contributed by atoms with Crippen LogP contribution in [0.2, 0.25) is 5.02 Å². The standard InChI is InChI=1S/C26H26ClFN2O4S/c1-33-13-12-29(26(32)18-3-2-4-19(27)15-18)16-25(31)30-11-9-24-22(10-14-35-24)23(30)17-34-21-7-5-20(28)6-8-21/h2-8,10,14-15,23H,9,11-13,16-17H2,1H3/t23-/m0/s1. The summed E-state index contributed by atoms with van der Waals surface area (Å²) in [6.45, 7) is 1.21. The van der Waals surface area contributed by atoms with Crippen molar-refractivity contribution in [1.29, 1.82) is 0 Å². The number of amides is 2. The summed E-state index contributed by atoms with van der Waals surface area (Å²) in [5, 5.41) is 2.46. The fraction of sp³-hybridized carbons (Fsp3) is 0.308. The lowest BCUT2D eigenvalue weighted by Crippen LogP contribution is -2.48. The van der Waals surface area contributed by atoms with Crippen molar-refractivity contribution in [2.45, 2.75) is 12.5 Å². The molecule has 2 heterocycles. The number of rotatable bonds is 9. The maximum Gasteiger partial charge on any atom is 0.254 e. The Morgan fingerprint density at radius 2 is 2.00 bits per heavy atom. The van der Waals surface area contributed by atoms with Gasteiger partial charge in [-0.3, -0.25) is 9.59 Å². The van der Waals surface area contributed by atoms with Crippen LogP contribution in [0.5, 0.6) is 5.75 Å². The number of methoxy groups -OCH3 is 1. The van der Waals surface area contributed by atoms with E-state index in [2.05, 4.69) is 0 Å². The first-order valence-electron chi connectivity index (χ1n) is 11.2. The molecule has 1 atom stereocenters. The molecule has 2 aromatic carbocycles. The molecule has 3 aromatic rings. The Bertz CT molecular complexity index is 1170. The first-order chi connectivity index (χ1) is 17.0. The van der Waals surface area contributed by atoms with Crippen LogP contribution in [0.15, 0.2) is 60.0 Å². The molecule has 0 unspecified atom stereocenters. The largest absolute Gasteiger partial charge is 0.491 e. The molecular formula is C26H26ClFN2O4S. The predicted octanol–water partition coefficient (Wildman–Crippen LogP) is 4.83. The van der Waals surface area contributed by atoms with Gasteiger partial charge in [-0.05, 0) is 65.9 Å². The molecule has 1 aliphatic heterocycles. The maximum atomic E-state index is 13.5. The summed E-state index contributed by atoms with van der Waals surface area (Å²) in [6, 6.07) is 14.2. The van der Waals surface area contributed by atoms with E-state index in [0.717, 1.165) is 12.0 Å². The molecule has 0 saturated carbocycles. The molecule has 35 heavy (non-hydrogen) atoms. The molecule has 2 amide bonds. The number of halogens is 2. The van der Waals surface area contributed by atoms with Gasteiger partial charge >= 0.3 is 0 Å². The van der Waals surface area contributed by atoms with Crippen LogP contribution >= 0.6 is 22.9 Å². The molecule has 0 fully saturated rings. The highest BCUT2D eigenvalue weighted by Crippen LogP contribution is 2.34. The summed E-state index contributed by atoms with van der Waals surface area (Å²) in [6.07, 6.45) is 0.742. The number of carbonyl (C=O) groups is 2. The summed E-state index contributed by atoms with van der Waals surface area (Å²) in [5.41, 5.74) is 1.46. The van der Waals surface area contributed by atoms with Gasteiger partial charge in [0.05, 0.1) is 12.6 Å². The zero-order valence-electron chi connectivity index (χ0n) is 19.3. The van der Waals surface area contributed by atoms with E-state index in [1.165, 1.54) is 21.9 Å². The first-order valence-corrected chi connectivity index (χ1v) is 12.5. The lowest BCUT2D eigenvalue weighted by atomic mass is 10.0. The number of hydrogen-bond donors (Lipinski definition) is 0. The minimum absolute atomic E-state index is 0.0960. The van der Waals surface area contributed by atoms with Crippen molar-refractivity contribution in [3.63, 3.8) is 0 Å². The number of fused-ring (bicyclic) bond motifs is 1. The molecule has 4 rings (SSSR count). The average Bonchev–Trinajstić information content (AvgIpc) is 3.34. The third-order valence-corrected chi connectivity index (χ3v) is 7.12. The van der Waals surface area contributed by atoms with E-state index in [4.69, 9.17) is 21.1 Å². The molecule has 0 radical (unpaired) electrons. The number of carbonyl (C=O) groups excluding carboxylic acids is 2. The van der Waals surface area contributed by atoms with Crippen molar-refractivity contribution in [3.8, 4) is 5.75 Å². The van der Waals surface area contributed by atoms with Gasteiger partial charge in [0.15, 0.2) is 0 Å². The highest BCUT2D eigenvalue weighted by atomic mass is 35.5. The van der Waals surface area contributed by atoms with Crippen LogP contribution in [0.1, 0.15) is 26.8 Å². The van der Waals surface area contributed by atoms with Crippen LogP contribution in [0.4, 0.5) is 4.39 Å². The van der Waals surface area contributed by atoms with E-state index < -0.39 is 0 Å². The second kappa shape index (κ2) is 11.7. The Hall–Kier alpha value is -2.94. The SMILES string of the molecule is COCCN(CC(=O)N1CCc2sccc2[C@@H]1COc1ccc(F)cc1)C(=O)c1cccc(Cl)c1. The van der Waals surface area contributed by atoms with Gasteiger partial charge in [-0.15, -0.1) is 11.3 Å². The highest BCUT2D eigenvalue weighted by Gasteiger charge is 2.33. The van der Waals surface area contributed by atoms with Gasteiger partial charge in [-0.1, -0.05) is 17.7 Å². The average molecular weight is 517 g/mol. The number of ether oxygens (including phenoxy) is 2. The van der Waals surface area contributed by atoms with Gasteiger partial charge in [-0.25, -0.2) is 4.39 Å². The van der Waals surface area contributed by atoms with Crippen LogP contribution in [0, 0.1) is 5.82 Å². The van der Waals surface area contributed by atoms with Gasteiger partial charge in [0.2, 0.25) is 5.91 Å². The zero-order valence-corrected chi connectivity index (χ0v) is 20.9. The molecule has 184 valence electrons. The molecule has 0 saturated heterocycles. The number of benzene rings is 2. The van der Waals surface area contributed by atoms with Gasteiger partial charge < -0.3 is 19.3 Å². The van der Waals surface area contributed by atoms with E-state index in [9.17, 15) is 14.0 Å². The molecule has 0 aliphatic carbocycles. The lowest BCUT2D eigenvalue weighted by molar-refractivity contribution is -0.135. The monoisotopic (exact) mass is 516 g/mol. The predicted molar refractivity (Wildman–Crippen MR) is 134 cm³/mol. The summed E-state index contributed by atoms with van der Waals surface area (Å²) in [7, 11) is 1.55. The first kappa shape index (κ1) is 25.2. The summed E-state index contributed by atoms with van der Waals surface area (Å²) in [4.78, 5) is 31.2. The molecule has 0 bridgehead atoms. The van der Waals surface area contributed by atoms with Crippen molar-refractivity contribution in [2.75, 3.05) is 40.0 Å². The molecule has 9 heteroatoms. The summed E-state index contributed by atoms with van der Waals surface area (Å²) < 4.78 is 24.4. The van der Waals surface area contributed by atoms with Crippen molar-refractivity contribution in [2.24, 2.45) is 0 Å². The number of thiophene rings is 1. The van der Waals surface area contributed by atoms with Crippen LogP contribution < -0.4 is 4.74 Å². The molecule has 0 spiro atoms. The quantitative estimate of drug-likeness (QED) is 0.408. The molecule has 1 aromatic heterocycles. The molecular weight excluding hydrogens is 491 g/mol. The lowest BCUT2D eigenvalue weighted by Gasteiger charge is -2.37. The summed E-state index contributed by atoms with van der Waals surface area (Å²) >= 11 is 7.73. The Balaban J connectivity index is 1.52. The Labute approximate surface area is 212 Å². The second-order valence-electron chi connectivity index (χ2n) is 8.15. The maximum absolute atomic E-state index is 13.5. The third-order valence-electron chi connectivity index (χ3n) is 5.89. The van der Waals surface area contributed by atoms with Crippen molar-refractivity contribution in [1.82, 2.24) is 9.80 Å². The zero-order chi connectivity index (χ0) is 24.8. The van der Waals surface area contributed by atoms with E-state index >= 15 is 0 Å². The molecule has 6 nitrogen and oxygen atoms in total. The Morgan fingerprint density at radius 1 is 1.20 bits per heavy atom. The smallest absolute Gasteiger partial charge is 0.254 e. The van der Waals surface area contributed by atoms with Crippen LogP contribution in [-0.4, -0.2) is 61.6 Å². The van der Waals surface area contributed by atoms with E-state index in [-0.39, 0.29) is 43.4 Å². The minimum atomic E-state index is -0.340. The minimum Gasteiger partial charge on any atom is -0.491 e. The molecule has 1 aliphatic rings. The highest BCUT2D eigenvalue weighted by molar-refractivity contribution is 7.10. The third kappa shape index (κ3) is 6.20. The Morgan fingerprint density at radius 3 is 2.74 bits per heavy atom.